The van der Waals surface area contributed by atoms with Crippen molar-refractivity contribution in [2.75, 3.05) is 13.1 Å². The summed E-state index contributed by atoms with van der Waals surface area (Å²) in [6.07, 6.45) is -1.84. The Hall–Kier alpha value is -1.57. The third-order valence-electron chi connectivity index (χ3n) is 4.08. The molecular formula is C14H20F3N3O2. The van der Waals surface area contributed by atoms with Crippen molar-refractivity contribution < 1.29 is 23.1 Å². The number of halogens is 3. The fourth-order valence-electron chi connectivity index (χ4n) is 2.82. The second-order valence-electron chi connectivity index (χ2n) is 5.98. The highest BCUT2D eigenvalue weighted by Crippen LogP contribution is 2.41. The van der Waals surface area contributed by atoms with E-state index in [1.165, 1.54) is 24.3 Å². The largest absolute Gasteiger partial charge is 0.425 e. The van der Waals surface area contributed by atoms with Gasteiger partial charge >= 0.3 is 6.18 Å². The number of carbonyl (C=O) groups is 1. The van der Waals surface area contributed by atoms with Crippen molar-refractivity contribution in [2.45, 2.75) is 38.0 Å². The lowest BCUT2D eigenvalue weighted by Gasteiger charge is -2.35. The van der Waals surface area contributed by atoms with E-state index in [0.717, 1.165) is 17.4 Å². The zero-order chi connectivity index (χ0) is 16.5. The van der Waals surface area contributed by atoms with Crippen LogP contribution in [0, 0.1) is 5.92 Å². The molecule has 1 aromatic heterocycles. The Balaban J connectivity index is 2.24. The lowest BCUT2D eigenvalue weighted by Crippen LogP contribution is -2.49. The summed E-state index contributed by atoms with van der Waals surface area (Å²) in [4.78, 5) is 17.2. The monoisotopic (exact) mass is 319 g/mol. The van der Waals surface area contributed by atoms with Gasteiger partial charge in [0.15, 0.2) is 5.82 Å². The SMILES string of the molecule is CC1CCCN(C(=O)CC(O)(c2nccn2C)C(F)(F)F)C1. The quantitative estimate of drug-likeness (QED) is 0.924. The van der Waals surface area contributed by atoms with Gasteiger partial charge in [-0.15, -0.1) is 0 Å². The Morgan fingerprint density at radius 1 is 1.50 bits per heavy atom. The number of carbonyl (C=O) groups excluding carboxylic acids is 1. The van der Waals surface area contributed by atoms with Crippen LogP contribution in [0.2, 0.25) is 0 Å². The van der Waals surface area contributed by atoms with Crippen molar-refractivity contribution >= 4 is 5.91 Å². The molecule has 8 heteroatoms. The summed E-state index contributed by atoms with van der Waals surface area (Å²) >= 11 is 0. The topological polar surface area (TPSA) is 58.4 Å². The molecule has 1 fully saturated rings. The van der Waals surface area contributed by atoms with Crippen molar-refractivity contribution in [3.8, 4) is 0 Å². The summed E-state index contributed by atoms with van der Waals surface area (Å²) in [6.45, 7) is 2.80. The number of piperidine rings is 1. The molecule has 2 heterocycles. The minimum absolute atomic E-state index is 0.254. The van der Waals surface area contributed by atoms with E-state index in [1.54, 1.807) is 0 Å². The van der Waals surface area contributed by atoms with Gasteiger partial charge in [0.05, 0.1) is 6.42 Å². The van der Waals surface area contributed by atoms with E-state index in [2.05, 4.69) is 4.98 Å². The summed E-state index contributed by atoms with van der Waals surface area (Å²) in [5.41, 5.74) is -3.27. The number of aliphatic hydroxyl groups is 1. The van der Waals surface area contributed by atoms with Gasteiger partial charge in [-0.3, -0.25) is 4.79 Å². The summed E-state index contributed by atoms with van der Waals surface area (Å²) in [7, 11) is 1.35. The van der Waals surface area contributed by atoms with Gasteiger partial charge in [-0.05, 0) is 18.8 Å². The average Bonchev–Trinajstić information content (AvgIpc) is 2.84. The van der Waals surface area contributed by atoms with Crippen molar-refractivity contribution in [3.05, 3.63) is 18.2 Å². The molecule has 2 unspecified atom stereocenters. The molecule has 0 spiro atoms. The normalized spacial score (nSPS) is 22.5. The number of aromatic nitrogens is 2. The molecule has 1 aliphatic heterocycles. The van der Waals surface area contributed by atoms with E-state index in [9.17, 15) is 23.1 Å². The second-order valence-corrected chi connectivity index (χ2v) is 5.98. The van der Waals surface area contributed by atoms with Crippen LogP contribution in [0.5, 0.6) is 0 Å². The molecule has 22 heavy (non-hydrogen) atoms. The number of aryl methyl sites for hydroxylation is 1. The molecule has 2 rings (SSSR count). The highest BCUT2D eigenvalue weighted by Gasteiger charge is 2.59. The first kappa shape index (κ1) is 16.8. The number of imidazole rings is 1. The van der Waals surface area contributed by atoms with Crippen molar-refractivity contribution in [1.82, 2.24) is 14.5 Å². The Bertz CT molecular complexity index is 544. The molecule has 0 aliphatic carbocycles. The van der Waals surface area contributed by atoms with Gasteiger partial charge in [0, 0.05) is 32.5 Å². The Morgan fingerprint density at radius 2 is 2.18 bits per heavy atom. The van der Waals surface area contributed by atoms with E-state index in [1.807, 2.05) is 6.92 Å². The van der Waals surface area contributed by atoms with Gasteiger partial charge in [-0.25, -0.2) is 4.98 Å². The van der Waals surface area contributed by atoms with Crippen LogP contribution < -0.4 is 0 Å². The fourth-order valence-corrected chi connectivity index (χ4v) is 2.82. The lowest BCUT2D eigenvalue weighted by molar-refractivity contribution is -0.272. The van der Waals surface area contributed by atoms with Gasteiger partial charge < -0.3 is 14.6 Å². The smallest absolute Gasteiger partial charge is 0.374 e. The molecule has 1 amide bonds. The molecule has 0 aromatic carbocycles. The third-order valence-corrected chi connectivity index (χ3v) is 4.08. The van der Waals surface area contributed by atoms with Crippen LogP contribution >= 0.6 is 0 Å². The van der Waals surface area contributed by atoms with Crippen molar-refractivity contribution in [2.24, 2.45) is 13.0 Å². The summed E-state index contributed by atoms with van der Waals surface area (Å²) < 4.78 is 41.2. The average molecular weight is 319 g/mol. The molecule has 1 N–H and O–H groups in total. The summed E-state index contributed by atoms with van der Waals surface area (Å²) in [6, 6.07) is 0. The van der Waals surface area contributed by atoms with Gasteiger partial charge in [0.25, 0.3) is 0 Å². The minimum atomic E-state index is -4.98. The van der Waals surface area contributed by atoms with Crippen LogP contribution in [0.3, 0.4) is 0 Å². The lowest BCUT2D eigenvalue weighted by atomic mass is 9.94. The molecule has 1 aliphatic rings. The molecule has 0 bridgehead atoms. The first-order valence-electron chi connectivity index (χ1n) is 7.20. The van der Waals surface area contributed by atoms with Crippen LogP contribution in [0.25, 0.3) is 0 Å². The molecular weight excluding hydrogens is 299 g/mol. The zero-order valence-corrected chi connectivity index (χ0v) is 12.6. The highest BCUT2D eigenvalue weighted by atomic mass is 19.4. The van der Waals surface area contributed by atoms with E-state index < -0.39 is 29.9 Å². The summed E-state index contributed by atoms with van der Waals surface area (Å²) in [5, 5.41) is 10.2. The van der Waals surface area contributed by atoms with Crippen LogP contribution in [0.1, 0.15) is 32.0 Å². The first-order chi connectivity index (χ1) is 10.1. The van der Waals surface area contributed by atoms with Crippen molar-refractivity contribution in [3.63, 3.8) is 0 Å². The Kier molecular flexibility index (Phi) is 4.51. The maximum atomic E-state index is 13.4. The molecule has 0 saturated carbocycles. The number of likely N-dealkylation sites (tertiary alicyclic amines) is 1. The first-order valence-corrected chi connectivity index (χ1v) is 7.20. The summed E-state index contributed by atoms with van der Waals surface area (Å²) in [5.74, 6) is -1.02. The molecule has 0 radical (unpaired) electrons. The molecule has 124 valence electrons. The Morgan fingerprint density at radius 3 is 2.68 bits per heavy atom. The highest BCUT2D eigenvalue weighted by molar-refractivity contribution is 5.77. The van der Waals surface area contributed by atoms with E-state index in [4.69, 9.17) is 0 Å². The molecule has 1 aromatic rings. The van der Waals surface area contributed by atoms with Gasteiger partial charge in [0.2, 0.25) is 11.5 Å². The number of nitrogens with zero attached hydrogens (tertiary/aromatic N) is 3. The van der Waals surface area contributed by atoms with E-state index in [-0.39, 0.29) is 5.92 Å². The maximum Gasteiger partial charge on any atom is 0.425 e. The maximum absolute atomic E-state index is 13.4. The number of alkyl halides is 3. The molecule has 2 atom stereocenters. The van der Waals surface area contributed by atoms with Gasteiger partial charge in [0.1, 0.15) is 0 Å². The predicted molar refractivity (Wildman–Crippen MR) is 72.8 cm³/mol. The van der Waals surface area contributed by atoms with Crippen LogP contribution in [0.4, 0.5) is 13.2 Å². The van der Waals surface area contributed by atoms with Crippen LogP contribution in [-0.2, 0) is 17.4 Å². The zero-order valence-electron chi connectivity index (χ0n) is 12.6. The molecule has 5 nitrogen and oxygen atoms in total. The Labute approximate surface area is 126 Å². The number of hydrogen-bond acceptors (Lipinski definition) is 3. The molecule has 1 saturated heterocycles. The number of hydrogen-bond donors (Lipinski definition) is 1. The third kappa shape index (κ3) is 3.11. The fraction of sp³-hybridized carbons (Fsp3) is 0.714. The number of amides is 1. The standard InChI is InChI=1S/C14H20F3N3O2/c1-10-4-3-6-20(9-10)11(21)8-13(22,14(15,16)17)12-18-5-7-19(12)2/h5,7,10,22H,3-4,6,8-9H2,1-2H3. The van der Waals surface area contributed by atoms with Crippen molar-refractivity contribution in [1.29, 1.82) is 0 Å². The predicted octanol–water partition coefficient (Wildman–Crippen LogP) is 1.82. The van der Waals surface area contributed by atoms with Crippen LogP contribution in [0.15, 0.2) is 12.4 Å². The van der Waals surface area contributed by atoms with E-state index in [0.29, 0.717) is 13.1 Å². The van der Waals surface area contributed by atoms with Gasteiger partial charge in [-0.2, -0.15) is 13.2 Å². The van der Waals surface area contributed by atoms with E-state index >= 15 is 0 Å². The minimum Gasteiger partial charge on any atom is -0.374 e. The van der Waals surface area contributed by atoms with Crippen LogP contribution in [-0.4, -0.2) is 44.7 Å². The number of rotatable bonds is 3. The second kappa shape index (κ2) is 5.91. The van der Waals surface area contributed by atoms with Gasteiger partial charge in [-0.1, -0.05) is 6.92 Å².